The Hall–Kier alpha value is -1.62. The van der Waals surface area contributed by atoms with Gasteiger partial charge < -0.3 is 9.67 Å². The second-order valence-corrected chi connectivity index (χ2v) is 5.26. The highest BCUT2D eigenvalue weighted by molar-refractivity contribution is 9.10. The summed E-state index contributed by atoms with van der Waals surface area (Å²) in [5, 5.41) is 9.40. The molecule has 0 saturated carbocycles. The molecule has 2 rings (SSSR count). The number of nitrogens with zero attached hydrogens (tertiary/aromatic N) is 2. The van der Waals surface area contributed by atoms with E-state index in [1.807, 2.05) is 42.1 Å². The van der Waals surface area contributed by atoms with Crippen molar-refractivity contribution >= 4 is 21.9 Å². The molecule has 5 heteroatoms. The summed E-state index contributed by atoms with van der Waals surface area (Å²) in [5.74, 6) is -0.424. The third-order valence-corrected chi connectivity index (χ3v) is 3.88. The van der Waals surface area contributed by atoms with Crippen LogP contribution in [0, 0.1) is 0 Å². The fraction of sp³-hybridized carbons (Fsp3) is 0.286. The molecule has 4 nitrogen and oxygen atoms in total. The highest BCUT2D eigenvalue weighted by Crippen LogP contribution is 2.28. The maximum Gasteiger partial charge on any atom is 0.311 e. The van der Waals surface area contributed by atoms with Crippen LogP contribution in [0.5, 0.6) is 0 Å². The van der Waals surface area contributed by atoms with Crippen LogP contribution in [-0.4, -0.2) is 20.6 Å². The van der Waals surface area contributed by atoms with Crippen molar-refractivity contribution in [1.82, 2.24) is 9.55 Å². The molecule has 19 heavy (non-hydrogen) atoms. The Bertz CT molecular complexity index is 580. The maximum absolute atomic E-state index is 11.4. The van der Waals surface area contributed by atoms with Crippen molar-refractivity contribution < 1.29 is 9.90 Å². The standard InChI is InChI=1S/C14H15BrN2O2/c1-17-9-8-16-13(17)7-6-11(14(18)19)10-4-2-3-5-12(10)15/h2-5,8-9,11H,6-7H2,1H3,(H,18,19). The van der Waals surface area contributed by atoms with Crippen molar-refractivity contribution in [3.05, 3.63) is 52.5 Å². The minimum absolute atomic E-state index is 0.521. The molecule has 2 aromatic rings. The number of aryl methyl sites for hydroxylation is 2. The molecule has 0 bridgehead atoms. The number of hydrogen-bond acceptors (Lipinski definition) is 2. The van der Waals surface area contributed by atoms with Crippen LogP contribution in [0.3, 0.4) is 0 Å². The number of imidazole rings is 1. The number of aliphatic carboxylic acids is 1. The van der Waals surface area contributed by atoms with Gasteiger partial charge in [0.05, 0.1) is 5.92 Å². The Balaban J connectivity index is 2.16. The van der Waals surface area contributed by atoms with Crippen molar-refractivity contribution in [3.63, 3.8) is 0 Å². The Morgan fingerprint density at radius 1 is 1.47 bits per heavy atom. The zero-order valence-electron chi connectivity index (χ0n) is 10.6. The van der Waals surface area contributed by atoms with E-state index in [4.69, 9.17) is 0 Å². The largest absolute Gasteiger partial charge is 0.481 e. The van der Waals surface area contributed by atoms with Gasteiger partial charge in [-0.05, 0) is 18.1 Å². The first-order valence-corrected chi connectivity index (χ1v) is 6.82. The Morgan fingerprint density at radius 2 is 2.21 bits per heavy atom. The van der Waals surface area contributed by atoms with Gasteiger partial charge in [0.1, 0.15) is 5.82 Å². The molecule has 0 aliphatic rings. The van der Waals surface area contributed by atoms with Gasteiger partial charge in [-0.25, -0.2) is 4.98 Å². The van der Waals surface area contributed by atoms with E-state index in [1.54, 1.807) is 6.20 Å². The van der Waals surface area contributed by atoms with Crippen LogP contribution in [0.25, 0.3) is 0 Å². The Labute approximate surface area is 120 Å². The first-order valence-electron chi connectivity index (χ1n) is 6.03. The van der Waals surface area contributed by atoms with E-state index in [0.29, 0.717) is 12.8 Å². The number of aromatic nitrogens is 2. The van der Waals surface area contributed by atoms with Gasteiger partial charge in [0, 0.05) is 30.3 Å². The van der Waals surface area contributed by atoms with Crippen molar-refractivity contribution in [2.75, 3.05) is 0 Å². The van der Waals surface area contributed by atoms with Gasteiger partial charge in [-0.1, -0.05) is 34.1 Å². The first kappa shape index (κ1) is 13.8. The fourth-order valence-corrected chi connectivity index (χ4v) is 2.64. The third kappa shape index (κ3) is 3.23. The highest BCUT2D eigenvalue weighted by atomic mass is 79.9. The van der Waals surface area contributed by atoms with Crippen molar-refractivity contribution in [1.29, 1.82) is 0 Å². The summed E-state index contributed by atoms with van der Waals surface area (Å²) >= 11 is 3.41. The molecule has 100 valence electrons. The van der Waals surface area contributed by atoms with Gasteiger partial charge >= 0.3 is 5.97 Å². The molecule has 0 amide bonds. The highest BCUT2D eigenvalue weighted by Gasteiger charge is 2.22. The van der Waals surface area contributed by atoms with Gasteiger partial charge in [0.2, 0.25) is 0 Å². The van der Waals surface area contributed by atoms with Crippen LogP contribution in [-0.2, 0) is 18.3 Å². The lowest BCUT2D eigenvalue weighted by Gasteiger charge is -2.14. The molecule has 1 unspecified atom stereocenters. The van der Waals surface area contributed by atoms with Gasteiger partial charge in [0.25, 0.3) is 0 Å². The predicted octanol–water partition coefficient (Wildman–Crippen LogP) is 2.98. The van der Waals surface area contributed by atoms with Gasteiger partial charge in [-0.2, -0.15) is 0 Å². The van der Waals surface area contributed by atoms with Crippen LogP contribution in [0.2, 0.25) is 0 Å². The summed E-state index contributed by atoms with van der Waals surface area (Å²) in [4.78, 5) is 15.7. The molecule has 0 aliphatic carbocycles. The van der Waals surface area contributed by atoms with Crippen LogP contribution in [0.1, 0.15) is 23.7 Å². The molecule has 0 saturated heterocycles. The second kappa shape index (κ2) is 6.02. The average molecular weight is 323 g/mol. The summed E-state index contributed by atoms with van der Waals surface area (Å²) in [6.07, 6.45) is 4.76. The summed E-state index contributed by atoms with van der Waals surface area (Å²) < 4.78 is 2.75. The number of halogens is 1. The molecule has 0 radical (unpaired) electrons. The number of rotatable bonds is 5. The number of carbonyl (C=O) groups is 1. The molecule has 1 aromatic carbocycles. The zero-order chi connectivity index (χ0) is 13.8. The molecule has 0 aliphatic heterocycles. The van der Waals surface area contributed by atoms with Gasteiger partial charge in [-0.3, -0.25) is 4.79 Å². The molecular formula is C14H15BrN2O2. The average Bonchev–Trinajstić information content (AvgIpc) is 2.77. The minimum atomic E-state index is -0.805. The Kier molecular flexibility index (Phi) is 4.37. The topological polar surface area (TPSA) is 55.1 Å². The van der Waals surface area contributed by atoms with E-state index >= 15 is 0 Å². The van der Waals surface area contributed by atoms with Crippen LogP contribution in [0.4, 0.5) is 0 Å². The third-order valence-electron chi connectivity index (χ3n) is 3.16. The normalized spacial score (nSPS) is 12.3. The summed E-state index contributed by atoms with van der Waals surface area (Å²) in [5.41, 5.74) is 0.809. The zero-order valence-corrected chi connectivity index (χ0v) is 12.2. The van der Waals surface area contributed by atoms with E-state index in [-0.39, 0.29) is 0 Å². The van der Waals surface area contributed by atoms with Crippen molar-refractivity contribution in [2.24, 2.45) is 7.05 Å². The summed E-state index contributed by atoms with van der Waals surface area (Å²) in [6.45, 7) is 0. The SMILES string of the molecule is Cn1ccnc1CCC(C(=O)O)c1ccccc1Br. The maximum atomic E-state index is 11.4. The lowest BCUT2D eigenvalue weighted by Crippen LogP contribution is -2.14. The van der Waals surface area contributed by atoms with E-state index in [2.05, 4.69) is 20.9 Å². The lowest BCUT2D eigenvalue weighted by atomic mass is 9.94. The molecular weight excluding hydrogens is 308 g/mol. The Morgan fingerprint density at radius 3 is 2.79 bits per heavy atom. The lowest BCUT2D eigenvalue weighted by molar-refractivity contribution is -0.139. The first-order chi connectivity index (χ1) is 9.09. The quantitative estimate of drug-likeness (QED) is 0.920. The van der Waals surface area contributed by atoms with Crippen LogP contribution < -0.4 is 0 Å². The number of carboxylic acids is 1. The molecule has 1 atom stereocenters. The summed E-state index contributed by atoms with van der Waals surface area (Å²) in [6, 6.07) is 7.45. The molecule has 1 aromatic heterocycles. The molecule has 1 N–H and O–H groups in total. The van der Waals surface area contributed by atoms with Gasteiger partial charge in [-0.15, -0.1) is 0 Å². The molecule has 0 spiro atoms. The van der Waals surface area contributed by atoms with E-state index in [0.717, 1.165) is 15.9 Å². The molecule has 1 heterocycles. The number of benzene rings is 1. The van der Waals surface area contributed by atoms with E-state index in [9.17, 15) is 9.90 Å². The minimum Gasteiger partial charge on any atom is -0.481 e. The van der Waals surface area contributed by atoms with Crippen LogP contribution in [0.15, 0.2) is 41.1 Å². The predicted molar refractivity (Wildman–Crippen MR) is 76.0 cm³/mol. The number of hydrogen-bond donors (Lipinski definition) is 1. The van der Waals surface area contributed by atoms with Crippen molar-refractivity contribution in [2.45, 2.75) is 18.8 Å². The van der Waals surface area contributed by atoms with Crippen LogP contribution >= 0.6 is 15.9 Å². The summed E-state index contributed by atoms with van der Waals surface area (Å²) in [7, 11) is 1.91. The fourth-order valence-electron chi connectivity index (χ4n) is 2.08. The van der Waals surface area contributed by atoms with E-state index < -0.39 is 11.9 Å². The van der Waals surface area contributed by atoms with Crippen molar-refractivity contribution in [3.8, 4) is 0 Å². The second-order valence-electron chi connectivity index (χ2n) is 4.41. The molecule has 0 fully saturated rings. The smallest absolute Gasteiger partial charge is 0.311 e. The van der Waals surface area contributed by atoms with E-state index in [1.165, 1.54) is 0 Å². The van der Waals surface area contributed by atoms with Gasteiger partial charge in [0.15, 0.2) is 0 Å². The number of carboxylic acid groups (broad SMARTS) is 1. The monoisotopic (exact) mass is 322 g/mol.